The third-order valence-electron chi connectivity index (χ3n) is 3.15. The summed E-state index contributed by atoms with van der Waals surface area (Å²) >= 11 is 0. The second-order valence-electron chi connectivity index (χ2n) is 4.36. The maximum Gasteiger partial charge on any atom is 0.123 e. The number of benzene rings is 2. The van der Waals surface area contributed by atoms with Crippen molar-refractivity contribution in [3.8, 4) is 0 Å². The van der Waals surface area contributed by atoms with E-state index in [9.17, 15) is 4.39 Å². The molecule has 0 spiro atoms. The summed E-state index contributed by atoms with van der Waals surface area (Å²) in [5.74, 6) is -0.125. The molecule has 0 saturated carbocycles. The molecule has 2 N–H and O–H groups in total. The average molecular weight is 229 g/mol. The first kappa shape index (κ1) is 11.6. The molecule has 0 radical (unpaired) electrons. The Morgan fingerprint density at radius 3 is 2.41 bits per heavy atom. The van der Waals surface area contributed by atoms with Crippen LogP contribution in [0.15, 0.2) is 42.5 Å². The van der Waals surface area contributed by atoms with Gasteiger partial charge in [0.2, 0.25) is 0 Å². The Bertz CT molecular complexity index is 520. The fraction of sp³-hybridized carbons (Fsp3) is 0.200. The van der Waals surface area contributed by atoms with Gasteiger partial charge in [-0.2, -0.15) is 0 Å². The largest absolute Gasteiger partial charge is 0.398 e. The summed E-state index contributed by atoms with van der Waals surface area (Å²) in [5.41, 5.74) is 9.50. The Balaban J connectivity index is 2.48. The van der Waals surface area contributed by atoms with E-state index in [2.05, 4.69) is 0 Å². The van der Waals surface area contributed by atoms with Crippen molar-refractivity contribution in [3.05, 3.63) is 65.0 Å². The molecule has 1 unspecified atom stereocenters. The van der Waals surface area contributed by atoms with Gasteiger partial charge in [0, 0.05) is 11.6 Å². The predicted molar refractivity (Wildman–Crippen MR) is 69.5 cm³/mol. The molecule has 1 nitrogen and oxygen atoms in total. The number of halogens is 1. The van der Waals surface area contributed by atoms with Crippen molar-refractivity contribution in [2.75, 3.05) is 5.73 Å². The van der Waals surface area contributed by atoms with Gasteiger partial charge in [-0.25, -0.2) is 4.39 Å². The standard InChI is InChI=1S/C15H16FN/c1-10-8-13(16)9-14(15(10)17)11(2)12-6-4-3-5-7-12/h3-9,11H,17H2,1-2H3. The Kier molecular flexibility index (Phi) is 3.14. The molecule has 0 fully saturated rings. The van der Waals surface area contributed by atoms with Crippen LogP contribution >= 0.6 is 0 Å². The van der Waals surface area contributed by atoms with Gasteiger partial charge in [-0.1, -0.05) is 37.3 Å². The topological polar surface area (TPSA) is 26.0 Å². The highest BCUT2D eigenvalue weighted by molar-refractivity contribution is 5.56. The Hall–Kier alpha value is -1.83. The molecule has 0 aromatic heterocycles. The molecule has 0 aliphatic rings. The van der Waals surface area contributed by atoms with Crippen LogP contribution in [0.2, 0.25) is 0 Å². The number of hydrogen-bond acceptors (Lipinski definition) is 1. The van der Waals surface area contributed by atoms with Gasteiger partial charge in [0.15, 0.2) is 0 Å². The van der Waals surface area contributed by atoms with Crippen LogP contribution in [0, 0.1) is 12.7 Å². The lowest BCUT2D eigenvalue weighted by Gasteiger charge is -2.16. The fourth-order valence-corrected chi connectivity index (χ4v) is 2.06. The third kappa shape index (κ3) is 2.31. The smallest absolute Gasteiger partial charge is 0.123 e. The number of rotatable bonds is 2. The minimum Gasteiger partial charge on any atom is -0.398 e. The molecule has 1 atom stereocenters. The molecule has 0 aliphatic carbocycles. The van der Waals surface area contributed by atoms with Gasteiger partial charge < -0.3 is 5.73 Å². The molecule has 2 aromatic rings. The van der Waals surface area contributed by atoms with Crippen LogP contribution in [0.5, 0.6) is 0 Å². The Morgan fingerprint density at radius 2 is 1.76 bits per heavy atom. The van der Waals surface area contributed by atoms with Crippen LogP contribution in [-0.4, -0.2) is 0 Å². The van der Waals surface area contributed by atoms with Crippen LogP contribution in [0.25, 0.3) is 0 Å². The van der Waals surface area contributed by atoms with E-state index in [1.807, 2.05) is 44.2 Å². The fourth-order valence-electron chi connectivity index (χ4n) is 2.06. The zero-order valence-electron chi connectivity index (χ0n) is 10.1. The van der Waals surface area contributed by atoms with Crippen molar-refractivity contribution in [3.63, 3.8) is 0 Å². The number of nitrogens with two attached hydrogens (primary N) is 1. The highest BCUT2D eigenvalue weighted by atomic mass is 19.1. The van der Waals surface area contributed by atoms with Crippen molar-refractivity contribution < 1.29 is 4.39 Å². The zero-order chi connectivity index (χ0) is 12.4. The maximum absolute atomic E-state index is 13.4. The van der Waals surface area contributed by atoms with E-state index >= 15 is 0 Å². The van der Waals surface area contributed by atoms with Crippen molar-refractivity contribution >= 4 is 5.69 Å². The van der Waals surface area contributed by atoms with Gasteiger partial charge in [-0.05, 0) is 35.7 Å². The van der Waals surface area contributed by atoms with Gasteiger partial charge in [0.25, 0.3) is 0 Å². The van der Waals surface area contributed by atoms with Gasteiger partial charge in [0.05, 0.1) is 0 Å². The summed E-state index contributed by atoms with van der Waals surface area (Å²) in [6, 6.07) is 13.0. The first-order chi connectivity index (χ1) is 8.09. The molecular formula is C15H16FN. The molecule has 0 aliphatic heterocycles. The second kappa shape index (κ2) is 4.58. The lowest BCUT2D eigenvalue weighted by atomic mass is 9.90. The molecule has 0 amide bonds. The molecule has 0 bridgehead atoms. The van der Waals surface area contributed by atoms with Gasteiger partial charge in [0.1, 0.15) is 5.82 Å². The summed E-state index contributed by atoms with van der Waals surface area (Å²) in [5, 5.41) is 0. The summed E-state index contributed by atoms with van der Waals surface area (Å²) in [6.07, 6.45) is 0. The normalized spacial score (nSPS) is 12.4. The van der Waals surface area contributed by atoms with Crippen LogP contribution in [0.3, 0.4) is 0 Å². The highest BCUT2D eigenvalue weighted by Crippen LogP contribution is 2.30. The monoisotopic (exact) mass is 229 g/mol. The second-order valence-corrected chi connectivity index (χ2v) is 4.36. The van der Waals surface area contributed by atoms with Crippen LogP contribution in [-0.2, 0) is 0 Å². The molecule has 2 rings (SSSR count). The van der Waals surface area contributed by atoms with E-state index in [-0.39, 0.29) is 11.7 Å². The number of anilines is 1. The third-order valence-corrected chi connectivity index (χ3v) is 3.15. The lowest BCUT2D eigenvalue weighted by Crippen LogP contribution is -2.03. The quantitative estimate of drug-likeness (QED) is 0.777. The first-order valence-electron chi connectivity index (χ1n) is 5.70. The van der Waals surface area contributed by atoms with E-state index in [1.165, 1.54) is 12.1 Å². The lowest BCUT2D eigenvalue weighted by molar-refractivity contribution is 0.623. The van der Waals surface area contributed by atoms with Crippen molar-refractivity contribution in [1.29, 1.82) is 0 Å². The first-order valence-corrected chi connectivity index (χ1v) is 5.70. The van der Waals surface area contributed by atoms with Gasteiger partial charge >= 0.3 is 0 Å². The number of hydrogen-bond donors (Lipinski definition) is 1. The molecule has 88 valence electrons. The van der Waals surface area contributed by atoms with E-state index in [1.54, 1.807) is 0 Å². The molecule has 0 heterocycles. The van der Waals surface area contributed by atoms with E-state index in [4.69, 9.17) is 5.73 Å². The Labute approximate surface area is 101 Å². The van der Waals surface area contributed by atoms with E-state index in [0.717, 1.165) is 16.7 Å². The summed E-state index contributed by atoms with van der Waals surface area (Å²) < 4.78 is 13.4. The van der Waals surface area contributed by atoms with Crippen molar-refractivity contribution in [1.82, 2.24) is 0 Å². The molecular weight excluding hydrogens is 213 g/mol. The predicted octanol–water partition coefficient (Wildman–Crippen LogP) is 3.87. The van der Waals surface area contributed by atoms with Crippen LogP contribution in [0.4, 0.5) is 10.1 Å². The molecule has 2 aromatic carbocycles. The Morgan fingerprint density at radius 1 is 1.12 bits per heavy atom. The molecule has 2 heteroatoms. The maximum atomic E-state index is 13.4. The molecule has 0 saturated heterocycles. The zero-order valence-corrected chi connectivity index (χ0v) is 10.1. The number of nitrogen functional groups attached to an aromatic ring is 1. The average Bonchev–Trinajstić information content (AvgIpc) is 2.34. The highest BCUT2D eigenvalue weighted by Gasteiger charge is 2.13. The van der Waals surface area contributed by atoms with Crippen LogP contribution in [0.1, 0.15) is 29.5 Å². The number of aryl methyl sites for hydroxylation is 1. The minimum atomic E-state index is -0.227. The van der Waals surface area contributed by atoms with Crippen LogP contribution < -0.4 is 5.73 Å². The molecule has 17 heavy (non-hydrogen) atoms. The van der Waals surface area contributed by atoms with Gasteiger partial charge in [-0.15, -0.1) is 0 Å². The minimum absolute atomic E-state index is 0.102. The SMILES string of the molecule is Cc1cc(F)cc(C(C)c2ccccc2)c1N. The van der Waals surface area contributed by atoms with Crippen molar-refractivity contribution in [2.45, 2.75) is 19.8 Å². The van der Waals surface area contributed by atoms with Gasteiger partial charge in [-0.3, -0.25) is 0 Å². The summed E-state index contributed by atoms with van der Waals surface area (Å²) in [6.45, 7) is 3.87. The van der Waals surface area contributed by atoms with E-state index < -0.39 is 0 Å². The van der Waals surface area contributed by atoms with E-state index in [0.29, 0.717) is 5.69 Å². The van der Waals surface area contributed by atoms with Crippen molar-refractivity contribution in [2.24, 2.45) is 0 Å². The summed E-state index contributed by atoms with van der Waals surface area (Å²) in [4.78, 5) is 0. The summed E-state index contributed by atoms with van der Waals surface area (Å²) in [7, 11) is 0.